The molecule has 5 heteroatoms. The number of carbonyl (C=O) groups excluding carboxylic acids is 1. The third-order valence-corrected chi connectivity index (χ3v) is 3.90. The van der Waals surface area contributed by atoms with E-state index >= 15 is 0 Å². The largest absolute Gasteiger partial charge is 0.447 e. The predicted octanol–water partition coefficient (Wildman–Crippen LogP) is 1.53. The Balaban J connectivity index is 1.87. The highest BCUT2D eigenvalue weighted by Gasteiger charge is 2.45. The smallest absolute Gasteiger partial charge is 0.414 e. The zero-order valence-corrected chi connectivity index (χ0v) is 10.5. The molecule has 2 aliphatic rings. The van der Waals surface area contributed by atoms with Gasteiger partial charge >= 0.3 is 6.09 Å². The van der Waals surface area contributed by atoms with Crippen molar-refractivity contribution in [3.05, 3.63) is 29.8 Å². The van der Waals surface area contributed by atoms with Gasteiger partial charge in [-0.1, -0.05) is 12.1 Å². The summed E-state index contributed by atoms with van der Waals surface area (Å²) in [7, 11) is 0. The summed E-state index contributed by atoms with van der Waals surface area (Å²) in [6, 6.07) is 9.82. The zero-order valence-electron chi connectivity index (χ0n) is 10.5. The number of hydrogen-bond acceptors (Lipinski definition) is 4. The van der Waals surface area contributed by atoms with Crippen LogP contribution in [0.1, 0.15) is 18.4 Å². The average molecular weight is 257 g/mol. The van der Waals surface area contributed by atoms with Gasteiger partial charge in [0.15, 0.2) is 0 Å². The van der Waals surface area contributed by atoms with Crippen LogP contribution in [0, 0.1) is 11.3 Å². The Hall–Kier alpha value is -2.06. The molecule has 1 aromatic carbocycles. The van der Waals surface area contributed by atoms with E-state index in [0.717, 1.165) is 24.1 Å². The number of nitrogens with two attached hydrogens (primary N) is 1. The van der Waals surface area contributed by atoms with Crippen molar-refractivity contribution in [2.24, 2.45) is 5.73 Å². The summed E-state index contributed by atoms with van der Waals surface area (Å²) >= 11 is 0. The first-order chi connectivity index (χ1) is 9.20. The lowest BCUT2D eigenvalue weighted by Crippen LogP contribution is -2.38. The first-order valence-corrected chi connectivity index (χ1v) is 6.38. The standard InChI is InChI=1S/C14H15N3O2/c15-7-12-8-19-13(18)17(12)11-3-1-10(2-4-11)14(9-16)5-6-14/h1-4,12H,5-8,15H2/t12-/m0/s1. The maximum absolute atomic E-state index is 11.7. The SMILES string of the molecule is N#CC1(c2ccc(N3C(=O)OC[C@@H]3CN)cc2)CC1. The van der Waals surface area contributed by atoms with E-state index in [1.807, 2.05) is 24.3 Å². The van der Waals surface area contributed by atoms with Crippen LogP contribution in [0.3, 0.4) is 0 Å². The minimum atomic E-state index is -0.357. The zero-order chi connectivity index (χ0) is 13.5. The third-order valence-electron chi connectivity index (χ3n) is 3.90. The second-order valence-corrected chi connectivity index (χ2v) is 5.08. The number of nitriles is 1. The van der Waals surface area contributed by atoms with Crippen LogP contribution in [0.2, 0.25) is 0 Å². The molecular weight excluding hydrogens is 242 g/mol. The summed E-state index contributed by atoms with van der Waals surface area (Å²) in [6.45, 7) is 0.703. The van der Waals surface area contributed by atoms with Crippen LogP contribution >= 0.6 is 0 Å². The van der Waals surface area contributed by atoms with E-state index in [0.29, 0.717) is 13.2 Å². The van der Waals surface area contributed by atoms with Crippen LogP contribution in [0.15, 0.2) is 24.3 Å². The molecule has 1 heterocycles. The van der Waals surface area contributed by atoms with Crippen LogP contribution in [0.5, 0.6) is 0 Å². The van der Waals surface area contributed by atoms with Gasteiger partial charge in [-0.15, -0.1) is 0 Å². The molecule has 0 unspecified atom stereocenters. The van der Waals surface area contributed by atoms with Crippen LogP contribution in [0.25, 0.3) is 0 Å². The van der Waals surface area contributed by atoms with Gasteiger partial charge in [-0.3, -0.25) is 4.90 Å². The molecule has 1 aliphatic heterocycles. The fourth-order valence-electron chi connectivity index (χ4n) is 2.48. The van der Waals surface area contributed by atoms with Gasteiger partial charge in [0.2, 0.25) is 0 Å². The van der Waals surface area contributed by atoms with Crippen molar-refractivity contribution in [2.45, 2.75) is 24.3 Å². The van der Waals surface area contributed by atoms with Crippen molar-refractivity contribution >= 4 is 11.8 Å². The van der Waals surface area contributed by atoms with E-state index in [-0.39, 0.29) is 17.6 Å². The monoisotopic (exact) mass is 257 g/mol. The van der Waals surface area contributed by atoms with Gasteiger partial charge < -0.3 is 10.5 Å². The molecule has 0 spiro atoms. The van der Waals surface area contributed by atoms with Crippen LogP contribution < -0.4 is 10.6 Å². The van der Waals surface area contributed by atoms with Gasteiger partial charge in [0.25, 0.3) is 0 Å². The van der Waals surface area contributed by atoms with Crippen molar-refractivity contribution in [3.8, 4) is 6.07 Å². The van der Waals surface area contributed by atoms with Crippen LogP contribution in [0.4, 0.5) is 10.5 Å². The highest BCUT2D eigenvalue weighted by atomic mass is 16.6. The highest BCUT2D eigenvalue weighted by molar-refractivity contribution is 5.90. The van der Waals surface area contributed by atoms with Gasteiger partial charge in [0.05, 0.1) is 17.5 Å². The molecule has 19 heavy (non-hydrogen) atoms. The fourth-order valence-corrected chi connectivity index (χ4v) is 2.48. The summed E-state index contributed by atoms with van der Waals surface area (Å²) in [5.74, 6) is 0. The van der Waals surface area contributed by atoms with Gasteiger partial charge in [-0.2, -0.15) is 5.26 Å². The molecule has 0 radical (unpaired) electrons. The molecule has 2 fully saturated rings. The summed E-state index contributed by atoms with van der Waals surface area (Å²) in [5, 5.41) is 9.16. The average Bonchev–Trinajstić information content (AvgIpc) is 3.16. The Morgan fingerprint density at radius 3 is 2.63 bits per heavy atom. The molecule has 0 aromatic heterocycles. The molecule has 1 atom stereocenters. The Morgan fingerprint density at radius 2 is 2.11 bits per heavy atom. The number of ether oxygens (including phenoxy) is 1. The molecule has 1 aliphatic carbocycles. The second-order valence-electron chi connectivity index (χ2n) is 5.08. The molecule has 1 saturated carbocycles. The fraction of sp³-hybridized carbons (Fsp3) is 0.429. The first-order valence-electron chi connectivity index (χ1n) is 6.38. The summed E-state index contributed by atoms with van der Waals surface area (Å²) in [4.78, 5) is 13.3. The van der Waals surface area contributed by atoms with E-state index in [9.17, 15) is 4.79 Å². The van der Waals surface area contributed by atoms with E-state index in [2.05, 4.69) is 6.07 Å². The molecule has 98 valence electrons. The normalized spacial score (nSPS) is 23.9. The van der Waals surface area contributed by atoms with E-state index in [1.165, 1.54) is 0 Å². The van der Waals surface area contributed by atoms with Crippen molar-refractivity contribution < 1.29 is 9.53 Å². The molecule has 0 bridgehead atoms. The molecule has 1 amide bonds. The third kappa shape index (κ3) is 1.85. The Labute approximate surface area is 111 Å². The lowest BCUT2D eigenvalue weighted by atomic mass is 9.97. The molecule has 3 rings (SSSR count). The quantitative estimate of drug-likeness (QED) is 0.890. The number of rotatable bonds is 3. The molecular formula is C14H15N3O2. The Morgan fingerprint density at radius 1 is 1.42 bits per heavy atom. The highest BCUT2D eigenvalue weighted by Crippen LogP contribution is 2.47. The lowest BCUT2D eigenvalue weighted by molar-refractivity contribution is 0.179. The lowest BCUT2D eigenvalue weighted by Gasteiger charge is -2.20. The van der Waals surface area contributed by atoms with Gasteiger partial charge in [-0.25, -0.2) is 4.79 Å². The minimum Gasteiger partial charge on any atom is -0.447 e. The summed E-state index contributed by atoms with van der Waals surface area (Å²) in [6.07, 6.45) is 1.48. The van der Waals surface area contributed by atoms with Crippen LogP contribution in [-0.4, -0.2) is 25.3 Å². The maximum Gasteiger partial charge on any atom is 0.414 e. The summed E-state index contributed by atoms with van der Waals surface area (Å²) in [5.41, 5.74) is 7.14. The second kappa shape index (κ2) is 4.25. The Bertz CT molecular complexity index is 543. The molecule has 5 nitrogen and oxygen atoms in total. The Kier molecular flexibility index (Phi) is 2.68. The predicted molar refractivity (Wildman–Crippen MR) is 69.6 cm³/mol. The molecule has 2 N–H and O–H groups in total. The van der Waals surface area contributed by atoms with Gasteiger partial charge in [0, 0.05) is 12.2 Å². The number of nitrogens with zero attached hydrogens (tertiary/aromatic N) is 2. The maximum atomic E-state index is 11.7. The van der Waals surface area contributed by atoms with E-state index in [1.54, 1.807) is 4.90 Å². The van der Waals surface area contributed by atoms with E-state index in [4.69, 9.17) is 15.7 Å². The van der Waals surface area contributed by atoms with Crippen molar-refractivity contribution in [2.75, 3.05) is 18.1 Å². The van der Waals surface area contributed by atoms with Gasteiger partial charge in [-0.05, 0) is 30.5 Å². The summed E-state index contributed by atoms with van der Waals surface area (Å²) < 4.78 is 5.01. The first kappa shape index (κ1) is 12.0. The number of amides is 1. The number of cyclic esters (lactones) is 1. The number of benzene rings is 1. The number of hydrogen-bond donors (Lipinski definition) is 1. The number of anilines is 1. The molecule has 1 saturated heterocycles. The topological polar surface area (TPSA) is 79.3 Å². The van der Waals surface area contributed by atoms with Crippen molar-refractivity contribution in [3.63, 3.8) is 0 Å². The van der Waals surface area contributed by atoms with Crippen molar-refractivity contribution in [1.82, 2.24) is 0 Å². The van der Waals surface area contributed by atoms with E-state index < -0.39 is 0 Å². The number of carbonyl (C=O) groups is 1. The molecule has 1 aromatic rings. The van der Waals surface area contributed by atoms with Crippen molar-refractivity contribution in [1.29, 1.82) is 5.26 Å². The minimum absolute atomic E-state index is 0.107. The van der Waals surface area contributed by atoms with Gasteiger partial charge in [0.1, 0.15) is 6.61 Å². The van der Waals surface area contributed by atoms with Crippen LogP contribution in [-0.2, 0) is 10.2 Å².